The lowest BCUT2D eigenvalue weighted by molar-refractivity contribution is 1.18. The zero-order valence-corrected chi connectivity index (χ0v) is 21.3. The van der Waals surface area contributed by atoms with Crippen LogP contribution in [-0.4, -0.2) is 4.57 Å². The van der Waals surface area contributed by atoms with Crippen LogP contribution in [0.4, 0.5) is 0 Å². The topological polar surface area (TPSA) is 28.7 Å². The van der Waals surface area contributed by atoms with Gasteiger partial charge >= 0.3 is 0 Å². The predicted octanol–water partition coefficient (Wildman–Crippen LogP) is 9.66. The molecule has 0 bridgehead atoms. The van der Waals surface area contributed by atoms with Crippen molar-refractivity contribution in [3.63, 3.8) is 0 Å². The van der Waals surface area contributed by atoms with E-state index in [1.165, 1.54) is 44.1 Å². The highest BCUT2D eigenvalue weighted by molar-refractivity contribution is 6.20. The third kappa shape index (κ3) is 3.89. The average molecular weight is 497 g/mol. The van der Waals surface area contributed by atoms with Crippen LogP contribution >= 0.6 is 0 Å². The van der Waals surface area contributed by atoms with E-state index in [1.807, 2.05) is 24.3 Å². The number of hydrogen-bond acceptors (Lipinski definition) is 1. The number of rotatable bonds is 4. The molecule has 0 amide bonds. The molecule has 2 nitrogen and oxygen atoms in total. The fraction of sp³-hybridized carbons (Fsp3) is 0. The minimum Gasteiger partial charge on any atom is -0.309 e. The first kappa shape index (κ1) is 22.8. The van der Waals surface area contributed by atoms with Gasteiger partial charge in [0.1, 0.15) is 0 Å². The maximum absolute atomic E-state index is 9.15. The summed E-state index contributed by atoms with van der Waals surface area (Å²) >= 11 is 0. The van der Waals surface area contributed by atoms with Crippen LogP contribution in [0.2, 0.25) is 0 Å². The molecule has 39 heavy (non-hydrogen) atoms. The van der Waals surface area contributed by atoms with Gasteiger partial charge in [0.05, 0.1) is 22.7 Å². The predicted molar refractivity (Wildman–Crippen MR) is 162 cm³/mol. The van der Waals surface area contributed by atoms with Gasteiger partial charge in [0.2, 0.25) is 0 Å². The third-order valence-corrected chi connectivity index (χ3v) is 7.46. The van der Waals surface area contributed by atoms with E-state index < -0.39 is 0 Å². The Labute approximate surface area is 227 Å². The Hall–Kier alpha value is -5.39. The summed E-state index contributed by atoms with van der Waals surface area (Å²) in [5.41, 5.74) is 11.2. The SMILES string of the molecule is N#Cc1ccc(-c2ccc(-n3c4cccc(-c5ccccc5)c4c4c(-c5ccccc5)cccc43)cc2)cc1. The van der Waals surface area contributed by atoms with E-state index in [0.29, 0.717) is 5.56 Å². The number of fused-ring (bicyclic) bond motifs is 3. The molecule has 182 valence electrons. The van der Waals surface area contributed by atoms with E-state index in [-0.39, 0.29) is 0 Å². The van der Waals surface area contributed by atoms with E-state index in [0.717, 1.165) is 16.8 Å². The Bertz CT molecular complexity index is 1880. The van der Waals surface area contributed by atoms with Crippen LogP contribution < -0.4 is 0 Å². The normalized spacial score (nSPS) is 11.1. The summed E-state index contributed by atoms with van der Waals surface area (Å²) in [6.07, 6.45) is 0. The quantitative estimate of drug-likeness (QED) is 0.238. The van der Waals surface area contributed by atoms with Gasteiger partial charge < -0.3 is 4.57 Å². The van der Waals surface area contributed by atoms with Crippen LogP contribution in [0, 0.1) is 11.3 Å². The Balaban J connectivity index is 1.50. The van der Waals surface area contributed by atoms with Crippen LogP contribution in [0.1, 0.15) is 5.56 Å². The molecule has 6 aromatic carbocycles. The highest BCUT2D eigenvalue weighted by atomic mass is 15.0. The van der Waals surface area contributed by atoms with Crippen molar-refractivity contribution in [3.8, 4) is 45.1 Å². The van der Waals surface area contributed by atoms with Gasteiger partial charge in [0.15, 0.2) is 0 Å². The number of aromatic nitrogens is 1. The maximum Gasteiger partial charge on any atom is 0.0991 e. The number of nitriles is 1. The molecule has 1 aromatic heterocycles. The van der Waals surface area contributed by atoms with E-state index in [1.54, 1.807) is 0 Å². The van der Waals surface area contributed by atoms with Crippen molar-refractivity contribution in [2.75, 3.05) is 0 Å². The van der Waals surface area contributed by atoms with Crippen molar-refractivity contribution in [1.82, 2.24) is 4.57 Å². The van der Waals surface area contributed by atoms with Crippen LogP contribution in [0.5, 0.6) is 0 Å². The van der Waals surface area contributed by atoms with E-state index >= 15 is 0 Å². The van der Waals surface area contributed by atoms with Gasteiger partial charge in [-0.3, -0.25) is 0 Å². The Kier molecular flexibility index (Phi) is 5.54. The summed E-state index contributed by atoms with van der Waals surface area (Å²) < 4.78 is 2.38. The number of benzene rings is 6. The molecule has 7 aromatic rings. The first-order chi connectivity index (χ1) is 19.3. The maximum atomic E-state index is 9.15. The molecule has 0 fully saturated rings. The third-order valence-electron chi connectivity index (χ3n) is 7.46. The second-order valence-electron chi connectivity index (χ2n) is 9.70. The molecule has 0 atom stereocenters. The average Bonchev–Trinajstić information content (AvgIpc) is 3.37. The summed E-state index contributed by atoms with van der Waals surface area (Å²) in [5.74, 6) is 0. The Morgan fingerprint density at radius 2 is 0.872 bits per heavy atom. The van der Waals surface area contributed by atoms with Crippen molar-refractivity contribution in [1.29, 1.82) is 5.26 Å². The fourth-order valence-corrected chi connectivity index (χ4v) is 5.64. The van der Waals surface area contributed by atoms with Crippen LogP contribution in [0.25, 0.3) is 60.9 Å². The van der Waals surface area contributed by atoms with Crippen molar-refractivity contribution in [3.05, 3.63) is 151 Å². The molecule has 1 heterocycles. The van der Waals surface area contributed by atoms with Gasteiger partial charge in [-0.15, -0.1) is 0 Å². The van der Waals surface area contributed by atoms with Crippen molar-refractivity contribution < 1.29 is 0 Å². The molecule has 0 radical (unpaired) electrons. The summed E-state index contributed by atoms with van der Waals surface area (Å²) in [5, 5.41) is 11.7. The van der Waals surface area contributed by atoms with Gasteiger partial charge in [0.25, 0.3) is 0 Å². The van der Waals surface area contributed by atoms with Crippen LogP contribution in [0.15, 0.2) is 146 Å². The second-order valence-corrected chi connectivity index (χ2v) is 9.70. The zero-order valence-electron chi connectivity index (χ0n) is 21.3. The molecule has 0 unspecified atom stereocenters. The van der Waals surface area contributed by atoms with Gasteiger partial charge in [-0.25, -0.2) is 0 Å². The van der Waals surface area contributed by atoms with Crippen LogP contribution in [-0.2, 0) is 0 Å². The molecule has 0 saturated carbocycles. The minimum absolute atomic E-state index is 0.670. The molecule has 0 N–H and O–H groups in total. The molecule has 0 spiro atoms. The molecular weight excluding hydrogens is 472 g/mol. The Morgan fingerprint density at radius 3 is 1.33 bits per heavy atom. The van der Waals surface area contributed by atoms with Gasteiger partial charge in [-0.05, 0) is 69.8 Å². The van der Waals surface area contributed by atoms with Crippen molar-refractivity contribution in [2.45, 2.75) is 0 Å². The van der Waals surface area contributed by atoms with E-state index in [2.05, 4.69) is 132 Å². The van der Waals surface area contributed by atoms with Crippen molar-refractivity contribution >= 4 is 21.8 Å². The Morgan fingerprint density at radius 1 is 0.410 bits per heavy atom. The highest BCUT2D eigenvalue weighted by Gasteiger charge is 2.19. The largest absolute Gasteiger partial charge is 0.309 e. The van der Waals surface area contributed by atoms with Gasteiger partial charge in [0, 0.05) is 16.5 Å². The molecular formula is C37H24N2. The van der Waals surface area contributed by atoms with Crippen LogP contribution in [0.3, 0.4) is 0 Å². The second kappa shape index (κ2) is 9.49. The summed E-state index contributed by atoms with van der Waals surface area (Å²) in [7, 11) is 0. The number of hydrogen-bond donors (Lipinski definition) is 0. The lowest BCUT2D eigenvalue weighted by Crippen LogP contribution is -1.94. The smallest absolute Gasteiger partial charge is 0.0991 e. The molecule has 2 heteroatoms. The molecule has 0 aliphatic rings. The van der Waals surface area contributed by atoms with E-state index in [9.17, 15) is 0 Å². The highest BCUT2D eigenvalue weighted by Crippen LogP contribution is 2.42. The molecule has 0 aliphatic carbocycles. The monoisotopic (exact) mass is 496 g/mol. The zero-order chi connectivity index (χ0) is 26.2. The summed E-state index contributed by atoms with van der Waals surface area (Å²) in [6.45, 7) is 0. The molecule has 7 rings (SSSR count). The lowest BCUT2D eigenvalue weighted by atomic mass is 9.95. The molecule has 0 aliphatic heterocycles. The lowest BCUT2D eigenvalue weighted by Gasteiger charge is -2.10. The molecule has 0 saturated heterocycles. The van der Waals surface area contributed by atoms with E-state index in [4.69, 9.17) is 5.26 Å². The summed E-state index contributed by atoms with van der Waals surface area (Å²) in [6, 6.07) is 53.2. The standard InChI is InChI=1S/C37H24N2/c38-25-26-17-19-27(20-18-26)28-21-23-31(24-22-28)39-34-15-7-13-32(29-9-3-1-4-10-29)36(34)37-33(14-8-16-35(37)39)30-11-5-2-6-12-30/h1-24H. The first-order valence-electron chi connectivity index (χ1n) is 13.1. The van der Waals surface area contributed by atoms with Gasteiger partial charge in [-0.2, -0.15) is 5.26 Å². The fourth-order valence-electron chi connectivity index (χ4n) is 5.64. The minimum atomic E-state index is 0.670. The van der Waals surface area contributed by atoms with Crippen molar-refractivity contribution in [2.24, 2.45) is 0 Å². The summed E-state index contributed by atoms with van der Waals surface area (Å²) in [4.78, 5) is 0. The van der Waals surface area contributed by atoms with Gasteiger partial charge in [-0.1, -0.05) is 109 Å². The number of nitrogens with zero attached hydrogens (tertiary/aromatic N) is 2. The first-order valence-corrected chi connectivity index (χ1v) is 13.1.